The monoisotopic (exact) mass is 433 g/mol. The summed E-state index contributed by atoms with van der Waals surface area (Å²) in [6.07, 6.45) is 0. The number of rotatable bonds is 5. The van der Waals surface area contributed by atoms with E-state index in [4.69, 9.17) is 0 Å². The Labute approximate surface area is 183 Å². The van der Waals surface area contributed by atoms with E-state index in [2.05, 4.69) is 5.32 Å². The van der Waals surface area contributed by atoms with Gasteiger partial charge in [-0.15, -0.1) is 11.3 Å². The normalized spacial score (nSPS) is 11.1. The zero-order chi connectivity index (χ0) is 22.1. The predicted molar refractivity (Wildman–Crippen MR) is 125 cm³/mol. The van der Waals surface area contributed by atoms with E-state index in [1.54, 1.807) is 11.4 Å². The second-order valence-electron chi connectivity index (χ2n) is 7.73. The first-order valence-corrected chi connectivity index (χ1v) is 10.8. The maximum absolute atomic E-state index is 13.2. The van der Waals surface area contributed by atoms with Crippen LogP contribution in [0.1, 0.15) is 22.3 Å². The van der Waals surface area contributed by atoms with Crippen LogP contribution in [0.5, 0.6) is 0 Å². The number of hydrogen-bond donors (Lipinski definition) is 1. The van der Waals surface area contributed by atoms with E-state index in [-0.39, 0.29) is 24.6 Å². The zero-order valence-electron chi connectivity index (χ0n) is 17.6. The summed E-state index contributed by atoms with van der Waals surface area (Å²) in [5.74, 6) is -0.324. The fourth-order valence-corrected chi connectivity index (χ4v) is 4.33. The Morgan fingerprint density at radius 3 is 2.39 bits per heavy atom. The molecule has 0 bridgehead atoms. The summed E-state index contributed by atoms with van der Waals surface area (Å²) in [7, 11) is 0. The molecule has 31 heavy (non-hydrogen) atoms. The van der Waals surface area contributed by atoms with Crippen LogP contribution in [0.3, 0.4) is 0 Å². The molecule has 0 unspecified atom stereocenters. The lowest BCUT2D eigenvalue weighted by atomic mass is 10.1. The molecule has 0 atom stereocenters. The molecule has 0 radical (unpaired) electrons. The van der Waals surface area contributed by atoms with Crippen molar-refractivity contribution in [1.29, 1.82) is 0 Å². The maximum Gasteiger partial charge on any atom is 0.332 e. The van der Waals surface area contributed by atoms with E-state index >= 15 is 0 Å². The highest BCUT2D eigenvalue weighted by molar-refractivity contribution is 7.17. The van der Waals surface area contributed by atoms with Crippen molar-refractivity contribution in [3.8, 4) is 0 Å². The third-order valence-electron chi connectivity index (χ3n) is 5.39. The van der Waals surface area contributed by atoms with Crippen molar-refractivity contribution in [2.24, 2.45) is 0 Å². The van der Waals surface area contributed by atoms with E-state index in [1.807, 2.05) is 63.2 Å². The third kappa shape index (κ3) is 4.22. The van der Waals surface area contributed by atoms with Gasteiger partial charge < -0.3 is 5.32 Å². The van der Waals surface area contributed by atoms with Crippen LogP contribution < -0.4 is 16.6 Å². The van der Waals surface area contributed by atoms with Gasteiger partial charge in [0.05, 0.1) is 12.1 Å². The van der Waals surface area contributed by atoms with Gasteiger partial charge in [0, 0.05) is 5.69 Å². The molecule has 2 heterocycles. The van der Waals surface area contributed by atoms with Gasteiger partial charge in [0.15, 0.2) is 0 Å². The molecule has 0 aliphatic carbocycles. The minimum atomic E-state index is -0.492. The number of aryl methyl sites for hydroxylation is 3. The van der Waals surface area contributed by atoms with Crippen molar-refractivity contribution in [3.05, 3.63) is 97.0 Å². The van der Waals surface area contributed by atoms with E-state index in [1.165, 1.54) is 20.5 Å². The lowest BCUT2D eigenvalue weighted by Gasteiger charge is -2.13. The molecule has 0 aliphatic heterocycles. The summed E-state index contributed by atoms with van der Waals surface area (Å²) >= 11 is 1.28. The highest BCUT2D eigenvalue weighted by Gasteiger charge is 2.17. The second-order valence-corrected chi connectivity index (χ2v) is 8.64. The lowest BCUT2D eigenvalue weighted by molar-refractivity contribution is -0.116. The van der Waals surface area contributed by atoms with Crippen LogP contribution in [0.25, 0.3) is 10.2 Å². The van der Waals surface area contributed by atoms with Crippen molar-refractivity contribution < 1.29 is 4.79 Å². The van der Waals surface area contributed by atoms with Gasteiger partial charge >= 0.3 is 5.69 Å². The minimum Gasteiger partial charge on any atom is -0.325 e. The first-order chi connectivity index (χ1) is 14.8. The molecule has 4 rings (SSSR count). The second kappa shape index (κ2) is 8.35. The van der Waals surface area contributed by atoms with Gasteiger partial charge in [0.1, 0.15) is 11.2 Å². The van der Waals surface area contributed by atoms with Gasteiger partial charge in [-0.3, -0.25) is 18.7 Å². The van der Waals surface area contributed by atoms with Crippen LogP contribution in [0.15, 0.2) is 63.5 Å². The highest BCUT2D eigenvalue weighted by atomic mass is 32.1. The summed E-state index contributed by atoms with van der Waals surface area (Å²) in [6, 6.07) is 15.0. The highest BCUT2D eigenvalue weighted by Crippen LogP contribution is 2.17. The Kier molecular flexibility index (Phi) is 5.61. The maximum atomic E-state index is 13.2. The number of anilines is 1. The molecule has 158 valence electrons. The summed E-state index contributed by atoms with van der Waals surface area (Å²) in [4.78, 5) is 38.9. The molecule has 1 N–H and O–H groups in total. The van der Waals surface area contributed by atoms with Crippen molar-refractivity contribution >= 4 is 33.1 Å². The number of carbonyl (C=O) groups excluding carboxylic acids is 1. The van der Waals surface area contributed by atoms with Gasteiger partial charge in [-0.05, 0) is 61.0 Å². The molecule has 0 saturated heterocycles. The third-order valence-corrected chi connectivity index (χ3v) is 6.28. The van der Waals surface area contributed by atoms with Crippen LogP contribution in [0.4, 0.5) is 5.69 Å². The Hall–Kier alpha value is -3.45. The number of fused-ring (bicyclic) bond motifs is 1. The number of amides is 1. The first-order valence-electron chi connectivity index (χ1n) is 9.97. The van der Waals surface area contributed by atoms with E-state index in [0.717, 1.165) is 22.3 Å². The Morgan fingerprint density at radius 1 is 0.935 bits per heavy atom. The summed E-state index contributed by atoms with van der Waals surface area (Å²) in [5.41, 5.74) is 4.53. The van der Waals surface area contributed by atoms with Crippen LogP contribution in [-0.4, -0.2) is 15.0 Å². The number of thiophene rings is 1. The van der Waals surface area contributed by atoms with Crippen molar-refractivity contribution in [3.63, 3.8) is 0 Å². The Bertz CT molecular complexity index is 1390. The number of nitrogens with zero attached hydrogens (tertiary/aromatic N) is 2. The fourth-order valence-electron chi connectivity index (χ4n) is 3.49. The number of carbonyl (C=O) groups is 1. The molecule has 0 fully saturated rings. The van der Waals surface area contributed by atoms with Crippen molar-refractivity contribution in [2.75, 3.05) is 5.32 Å². The molecular weight excluding hydrogens is 410 g/mol. The zero-order valence-corrected chi connectivity index (χ0v) is 18.5. The molecule has 2 aromatic heterocycles. The average Bonchev–Trinajstić information content (AvgIpc) is 3.23. The molecule has 0 spiro atoms. The van der Waals surface area contributed by atoms with Crippen molar-refractivity contribution in [2.45, 2.75) is 33.9 Å². The number of aromatic nitrogens is 2. The minimum absolute atomic E-state index is 0.159. The number of hydrogen-bond acceptors (Lipinski definition) is 4. The van der Waals surface area contributed by atoms with Crippen LogP contribution in [0.2, 0.25) is 0 Å². The lowest BCUT2D eigenvalue weighted by Crippen LogP contribution is -2.41. The fraction of sp³-hybridized carbons (Fsp3) is 0.208. The van der Waals surface area contributed by atoms with Crippen LogP contribution >= 0.6 is 11.3 Å². The molecular formula is C24H23N3O3S. The summed E-state index contributed by atoms with van der Waals surface area (Å²) in [5, 5.41) is 4.58. The molecule has 4 aromatic rings. The number of nitrogens with one attached hydrogen (secondary N) is 1. The van der Waals surface area contributed by atoms with Gasteiger partial charge in [0.25, 0.3) is 5.56 Å². The smallest absolute Gasteiger partial charge is 0.325 e. The molecule has 6 nitrogen and oxygen atoms in total. The Morgan fingerprint density at radius 2 is 1.68 bits per heavy atom. The average molecular weight is 434 g/mol. The molecule has 2 aromatic carbocycles. The van der Waals surface area contributed by atoms with Gasteiger partial charge in [-0.2, -0.15) is 0 Å². The number of benzene rings is 2. The first kappa shape index (κ1) is 20.8. The quantitative estimate of drug-likeness (QED) is 0.520. The molecule has 0 saturated carbocycles. The predicted octanol–water partition coefficient (Wildman–Crippen LogP) is 3.84. The molecule has 1 amide bonds. The summed E-state index contributed by atoms with van der Waals surface area (Å²) in [6.45, 7) is 5.97. The van der Waals surface area contributed by atoms with E-state index < -0.39 is 5.69 Å². The summed E-state index contributed by atoms with van der Waals surface area (Å²) < 4.78 is 3.05. The van der Waals surface area contributed by atoms with E-state index in [0.29, 0.717) is 15.9 Å². The molecule has 0 aliphatic rings. The largest absolute Gasteiger partial charge is 0.332 e. The van der Waals surface area contributed by atoms with Crippen LogP contribution in [0, 0.1) is 20.8 Å². The van der Waals surface area contributed by atoms with Gasteiger partial charge in [-0.1, -0.05) is 35.9 Å². The Balaban J connectivity index is 1.71. The van der Waals surface area contributed by atoms with Gasteiger partial charge in [-0.25, -0.2) is 4.79 Å². The van der Waals surface area contributed by atoms with E-state index in [9.17, 15) is 14.4 Å². The SMILES string of the molecule is Cc1ccc(NC(=O)Cn2c(=O)n(Cc3ccc(C)c(C)c3)c(=O)c3sccc32)cc1. The standard InChI is InChI=1S/C24H23N3O3S/c1-15-4-8-19(9-5-15)25-21(28)14-26-20-10-11-31-22(20)23(29)27(24(26)30)13-18-7-6-16(2)17(3)12-18/h4-12H,13-14H2,1-3H3,(H,25,28). The van der Waals surface area contributed by atoms with Crippen molar-refractivity contribution in [1.82, 2.24) is 9.13 Å². The topological polar surface area (TPSA) is 73.1 Å². The molecule has 7 heteroatoms. The van der Waals surface area contributed by atoms with Crippen LogP contribution in [-0.2, 0) is 17.9 Å². The van der Waals surface area contributed by atoms with Gasteiger partial charge in [0.2, 0.25) is 5.91 Å².